The Labute approximate surface area is 114 Å². The first-order chi connectivity index (χ1) is 9.04. The Morgan fingerprint density at radius 3 is 2.53 bits per heavy atom. The molecule has 1 aliphatic heterocycles. The molecule has 1 aliphatic rings. The van der Waals surface area contributed by atoms with Gasteiger partial charge in [-0.15, -0.1) is 0 Å². The number of imidazole rings is 1. The van der Waals surface area contributed by atoms with Gasteiger partial charge in [0.1, 0.15) is 5.65 Å². The van der Waals surface area contributed by atoms with E-state index in [1.165, 1.54) is 5.69 Å². The van der Waals surface area contributed by atoms with Crippen LogP contribution in [-0.4, -0.2) is 35.6 Å². The molecule has 4 nitrogen and oxygen atoms in total. The molecule has 0 spiro atoms. The highest BCUT2D eigenvalue weighted by atomic mass is 15.2. The second kappa shape index (κ2) is 4.53. The number of hydrogen-bond donors (Lipinski definition) is 1. The van der Waals surface area contributed by atoms with Crippen molar-refractivity contribution >= 4 is 11.3 Å². The highest BCUT2D eigenvalue weighted by Gasteiger charge is 2.18. The maximum atomic E-state index is 4.70. The summed E-state index contributed by atoms with van der Waals surface area (Å²) in [4.78, 5) is 7.13. The topological polar surface area (TPSA) is 32.6 Å². The third-order valence-corrected chi connectivity index (χ3v) is 3.69. The lowest BCUT2D eigenvalue weighted by Crippen LogP contribution is -2.43. The van der Waals surface area contributed by atoms with E-state index in [4.69, 9.17) is 4.98 Å². The van der Waals surface area contributed by atoms with Crippen LogP contribution in [0.2, 0.25) is 0 Å². The quantitative estimate of drug-likeness (QED) is 0.849. The van der Waals surface area contributed by atoms with Crippen molar-refractivity contribution in [3.05, 3.63) is 30.2 Å². The lowest BCUT2D eigenvalue weighted by atomic mass is 9.93. The fourth-order valence-corrected chi connectivity index (χ4v) is 2.45. The van der Waals surface area contributed by atoms with Crippen molar-refractivity contribution in [2.45, 2.75) is 26.2 Å². The van der Waals surface area contributed by atoms with Gasteiger partial charge in [0.05, 0.1) is 11.4 Å². The summed E-state index contributed by atoms with van der Waals surface area (Å²) in [6.07, 6.45) is 4.35. The Morgan fingerprint density at radius 1 is 1.11 bits per heavy atom. The van der Waals surface area contributed by atoms with E-state index in [-0.39, 0.29) is 5.41 Å². The zero-order chi connectivity index (χ0) is 13.5. The summed E-state index contributed by atoms with van der Waals surface area (Å²) in [5, 5.41) is 3.38. The zero-order valence-electron chi connectivity index (χ0n) is 12.0. The predicted octanol–water partition coefficient (Wildman–Crippen LogP) is 2.04. The fraction of sp³-hybridized carbons (Fsp3) is 0.533. The van der Waals surface area contributed by atoms with Crippen LogP contribution in [0.25, 0.3) is 5.65 Å². The SMILES string of the molecule is CC(C)(C)c1cn2cc(N3CCNCC3)ccc2n1. The van der Waals surface area contributed by atoms with Gasteiger partial charge in [-0.2, -0.15) is 0 Å². The van der Waals surface area contributed by atoms with E-state index in [1.807, 2.05) is 0 Å². The number of fused-ring (bicyclic) bond motifs is 1. The van der Waals surface area contributed by atoms with Gasteiger partial charge < -0.3 is 14.6 Å². The maximum Gasteiger partial charge on any atom is 0.137 e. The Morgan fingerprint density at radius 2 is 1.84 bits per heavy atom. The summed E-state index contributed by atoms with van der Waals surface area (Å²) >= 11 is 0. The van der Waals surface area contributed by atoms with Crippen molar-refractivity contribution in [1.29, 1.82) is 0 Å². The average molecular weight is 258 g/mol. The Balaban J connectivity index is 1.96. The van der Waals surface area contributed by atoms with E-state index in [0.29, 0.717) is 0 Å². The summed E-state index contributed by atoms with van der Waals surface area (Å²) < 4.78 is 2.15. The molecule has 102 valence electrons. The van der Waals surface area contributed by atoms with Gasteiger partial charge >= 0.3 is 0 Å². The van der Waals surface area contributed by atoms with Gasteiger partial charge in [-0.25, -0.2) is 4.98 Å². The number of hydrogen-bond acceptors (Lipinski definition) is 3. The molecule has 0 unspecified atom stereocenters. The van der Waals surface area contributed by atoms with Gasteiger partial charge in [0.25, 0.3) is 0 Å². The zero-order valence-corrected chi connectivity index (χ0v) is 12.0. The molecule has 1 N–H and O–H groups in total. The minimum atomic E-state index is 0.0984. The molecule has 4 heteroatoms. The van der Waals surface area contributed by atoms with Crippen LogP contribution in [0.5, 0.6) is 0 Å². The number of nitrogens with zero attached hydrogens (tertiary/aromatic N) is 3. The van der Waals surface area contributed by atoms with E-state index in [0.717, 1.165) is 37.5 Å². The highest BCUT2D eigenvalue weighted by Crippen LogP contribution is 2.23. The molecular weight excluding hydrogens is 236 g/mol. The molecule has 0 atom stereocenters. The number of aromatic nitrogens is 2. The molecule has 0 saturated carbocycles. The van der Waals surface area contributed by atoms with Gasteiger partial charge in [0.2, 0.25) is 0 Å². The molecule has 0 amide bonds. The number of nitrogens with one attached hydrogen (secondary N) is 1. The van der Waals surface area contributed by atoms with E-state index in [2.05, 4.69) is 59.9 Å². The summed E-state index contributed by atoms with van der Waals surface area (Å²) in [5.41, 5.74) is 3.56. The van der Waals surface area contributed by atoms with Crippen LogP contribution in [0.15, 0.2) is 24.5 Å². The van der Waals surface area contributed by atoms with Crippen LogP contribution in [0.1, 0.15) is 26.5 Å². The molecule has 3 heterocycles. The summed E-state index contributed by atoms with van der Waals surface area (Å²) in [6, 6.07) is 4.30. The molecule has 3 rings (SSSR count). The highest BCUT2D eigenvalue weighted by molar-refractivity contribution is 5.53. The lowest BCUT2D eigenvalue weighted by Gasteiger charge is -2.29. The molecular formula is C15H22N4. The Kier molecular flexibility index (Phi) is 2.97. The van der Waals surface area contributed by atoms with Crippen LogP contribution < -0.4 is 10.2 Å². The Hall–Kier alpha value is -1.55. The van der Waals surface area contributed by atoms with Gasteiger partial charge in [-0.3, -0.25) is 0 Å². The molecule has 19 heavy (non-hydrogen) atoms. The molecule has 0 aromatic carbocycles. The van der Waals surface area contributed by atoms with Crippen molar-refractivity contribution in [3.63, 3.8) is 0 Å². The molecule has 2 aromatic rings. The molecule has 0 bridgehead atoms. The van der Waals surface area contributed by atoms with Crippen molar-refractivity contribution in [1.82, 2.24) is 14.7 Å². The summed E-state index contributed by atoms with van der Waals surface area (Å²) in [6.45, 7) is 10.9. The minimum Gasteiger partial charge on any atom is -0.368 e. The van der Waals surface area contributed by atoms with Crippen LogP contribution in [0.4, 0.5) is 5.69 Å². The average Bonchev–Trinajstić information content (AvgIpc) is 2.82. The number of rotatable bonds is 1. The van der Waals surface area contributed by atoms with Crippen molar-refractivity contribution in [2.24, 2.45) is 0 Å². The van der Waals surface area contributed by atoms with Crippen molar-refractivity contribution < 1.29 is 0 Å². The number of anilines is 1. The second-order valence-electron chi connectivity index (χ2n) is 6.27. The number of piperazine rings is 1. The number of pyridine rings is 1. The smallest absolute Gasteiger partial charge is 0.137 e. The lowest BCUT2D eigenvalue weighted by molar-refractivity contribution is 0.573. The molecule has 0 aliphatic carbocycles. The fourth-order valence-electron chi connectivity index (χ4n) is 2.45. The third-order valence-electron chi connectivity index (χ3n) is 3.69. The van der Waals surface area contributed by atoms with Crippen LogP contribution in [-0.2, 0) is 5.41 Å². The van der Waals surface area contributed by atoms with Gasteiger partial charge in [0.15, 0.2) is 0 Å². The summed E-state index contributed by atoms with van der Waals surface area (Å²) in [7, 11) is 0. The van der Waals surface area contributed by atoms with Crippen LogP contribution in [0, 0.1) is 0 Å². The van der Waals surface area contributed by atoms with Gasteiger partial charge in [0, 0.05) is 44.0 Å². The standard InChI is InChI=1S/C15H22N4/c1-15(2,3)13-11-19-10-12(4-5-14(19)17-13)18-8-6-16-7-9-18/h4-5,10-11,16H,6-9H2,1-3H3. The first-order valence-corrected chi connectivity index (χ1v) is 6.99. The third kappa shape index (κ3) is 2.45. The minimum absolute atomic E-state index is 0.0984. The van der Waals surface area contributed by atoms with E-state index in [1.54, 1.807) is 0 Å². The summed E-state index contributed by atoms with van der Waals surface area (Å²) in [5.74, 6) is 0. The van der Waals surface area contributed by atoms with Crippen LogP contribution in [0.3, 0.4) is 0 Å². The second-order valence-corrected chi connectivity index (χ2v) is 6.27. The molecule has 1 fully saturated rings. The van der Waals surface area contributed by atoms with Gasteiger partial charge in [-0.1, -0.05) is 20.8 Å². The first kappa shape index (κ1) is 12.5. The molecule has 0 radical (unpaired) electrons. The van der Waals surface area contributed by atoms with E-state index >= 15 is 0 Å². The van der Waals surface area contributed by atoms with Crippen molar-refractivity contribution in [3.8, 4) is 0 Å². The first-order valence-electron chi connectivity index (χ1n) is 6.99. The maximum absolute atomic E-state index is 4.70. The predicted molar refractivity (Wildman–Crippen MR) is 79.0 cm³/mol. The monoisotopic (exact) mass is 258 g/mol. The van der Waals surface area contributed by atoms with Gasteiger partial charge in [-0.05, 0) is 12.1 Å². The van der Waals surface area contributed by atoms with E-state index in [9.17, 15) is 0 Å². The molecule has 1 saturated heterocycles. The molecule has 2 aromatic heterocycles. The van der Waals surface area contributed by atoms with Crippen molar-refractivity contribution in [2.75, 3.05) is 31.1 Å². The van der Waals surface area contributed by atoms with Crippen LogP contribution >= 0.6 is 0 Å². The largest absolute Gasteiger partial charge is 0.368 e. The van der Waals surface area contributed by atoms with E-state index < -0.39 is 0 Å². The normalized spacial score (nSPS) is 17.1. The Bertz CT molecular complexity index is 573.